The summed E-state index contributed by atoms with van der Waals surface area (Å²) in [5, 5.41) is 2.81. The van der Waals surface area contributed by atoms with E-state index < -0.39 is 16.0 Å². The highest BCUT2D eigenvalue weighted by Gasteiger charge is 2.27. The number of halogens is 1. The number of benzene rings is 3. The molecule has 0 aromatic heterocycles. The lowest BCUT2D eigenvalue weighted by Crippen LogP contribution is -2.40. The van der Waals surface area contributed by atoms with Crippen molar-refractivity contribution in [2.75, 3.05) is 30.3 Å². The van der Waals surface area contributed by atoms with Crippen molar-refractivity contribution in [3.63, 3.8) is 0 Å². The molecule has 0 atom stereocenters. The zero-order valence-corrected chi connectivity index (χ0v) is 19.5. The number of hydrogen-bond donors (Lipinski definition) is 1. The fourth-order valence-electron chi connectivity index (χ4n) is 3.10. The maximum atomic E-state index is 14.4. The minimum absolute atomic E-state index is 0.0535. The molecule has 3 aromatic carbocycles. The summed E-state index contributed by atoms with van der Waals surface area (Å²) in [4.78, 5) is 12.6. The van der Waals surface area contributed by atoms with Gasteiger partial charge >= 0.3 is 10.2 Å². The van der Waals surface area contributed by atoms with E-state index in [1.54, 1.807) is 54.6 Å². The quantitative estimate of drug-likeness (QED) is 0.505. The van der Waals surface area contributed by atoms with Crippen molar-refractivity contribution in [2.24, 2.45) is 0 Å². The normalized spacial score (nSPS) is 11.3. The Morgan fingerprint density at radius 1 is 1.00 bits per heavy atom. The van der Waals surface area contributed by atoms with Gasteiger partial charge in [0.25, 0.3) is 5.91 Å². The maximum absolute atomic E-state index is 14.4. The molecule has 174 valence electrons. The molecule has 0 aliphatic heterocycles. The Kier molecular flexibility index (Phi) is 7.67. The molecular formula is C24H26FN3O4S. The molecule has 0 saturated heterocycles. The van der Waals surface area contributed by atoms with Crippen LogP contribution in [0.15, 0.2) is 72.8 Å². The Morgan fingerprint density at radius 2 is 1.70 bits per heavy atom. The summed E-state index contributed by atoms with van der Waals surface area (Å²) in [6.07, 6.45) is 0. The van der Waals surface area contributed by atoms with Crippen LogP contribution in [0.5, 0.6) is 5.75 Å². The third kappa shape index (κ3) is 5.88. The third-order valence-electron chi connectivity index (χ3n) is 4.81. The lowest BCUT2D eigenvalue weighted by molar-refractivity contribution is 0.102. The Balaban J connectivity index is 1.80. The van der Waals surface area contributed by atoms with Gasteiger partial charge in [-0.05, 0) is 48.9 Å². The monoisotopic (exact) mass is 471 g/mol. The molecule has 3 rings (SSSR count). The van der Waals surface area contributed by atoms with E-state index in [0.717, 1.165) is 8.61 Å². The molecule has 0 saturated carbocycles. The molecule has 0 aliphatic carbocycles. The molecule has 7 nitrogen and oxygen atoms in total. The topological polar surface area (TPSA) is 79.0 Å². The molecule has 0 spiro atoms. The molecule has 0 radical (unpaired) electrons. The van der Waals surface area contributed by atoms with E-state index in [9.17, 15) is 17.6 Å². The van der Waals surface area contributed by atoms with Gasteiger partial charge in [-0.2, -0.15) is 12.7 Å². The first-order valence-electron chi connectivity index (χ1n) is 10.3. The number of nitrogens with zero attached hydrogens (tertiary/aromatic N) is 2. The minimum Gasteiger partial charge on any atom is -0.494 e. The first-order valence-corrected chi connectivity index (χ1v) is 11.7. The van der Waals surface area contributed by atoms with Gasteiger partial charge in [-0.15, -0.1) is 0 Å². The maximum Gasteiger partial charge on any atom is 0.303 e. The number of carbonyl (C=O) groups excluding carboxylic acids is 1. The van der Waals surface area contributed by atoms with Crippen LogP contribution in [-0.2, 0) is 16.8 Å². The smallest absolute Gasteiger partial charge is 0.303 e. The molecule has 0 fully saturated rings. The van der Waals surface area contributed by atoms with Gasteiger partial charge in [0.1, 0.15) is 11.6 Å². The highest BCUT2D eigenvalue weighted by atomic mass is 32.2. The lowest BCUT2D eigenvalue weighted by Gasteiger charge is -2.27. The molecule has 33 heavy (non-hydrogen) atoms. The van der Waals surface area contributed by atoms with E-state index >= 15 is 0 Å². The fraction of sp³-hybridized carbons (Fsp3) is 0.208. The molecule has 0 bridgehead atoms. The van der Waals surface area contributed by atoms with Crippen LogP contribution in [0.4, 0.5) is 15.8 Å². The number of para-hydroxylation sites is 1. The van der Waals surface area contributed by atoms with Gasteiger partial charge in [0.05, 0.1) is 18.8 Å². The number of carbonyl (C=O) groups is 1. The molecule has 1 amide bonds. The average molecular weight is 472 g/mol. The van der Waals surface area contributed by atoms with Crippen LogP contribution in [-0.4, -0.2) is 39.3 Å². The Hall–Kier alpha value is -3.43. The molecule has 9 heteroatoms. The largest absolute Gasteiger partial charge is 0.494 e. The first-order chi connectivity index (χ1) is 15.7. The van der Waals surface area contributed by atoms with Crippen molar-refractivity contribution in [3.05, 3.63) is 89.7 Å². The second kappa shape index (κ2) is 10.5. The summed E-state index contributed by atoms with van der Waals surface area (Å²) < 4.78 is 47.6. The van der Waals surface area contributed by atoms with Crippen molar-refractivity contribution >= 4 is 27.5 Å². The van der Waals surface area contributed by atoms with Gasteiger partial charge in [0.15, 0.2) is 0 Å². The average Bonchev–Trinajstić information content (AvgIpc) is 2.79. The summed E-state index contributed by atoms with van der Waals surface area (Å²) in [5.74, 6) is -0.309. The van der Waals surface area contributed by atoms with Crippen molar-refractivity contribution in [2.45, 2.75) is 13.5 Å². The van der Waals surface area contributed by atoms with Gasteiger partial charge in [-0.3, -0.25) is 9.10 Å². The van der Waals surface area contributed by atoms with Crippen LogP contribution in [0.2, 0.25) is 0 Å². The summed E-state index contributed by atoms with van der Waals surface area (Å²) in [6, 6.07) is 19.2. The van der Waals surface area contributed by atoms with Crippen LogP contribution < -0.4 is 14.4 Å². The second-order valence-corrected chi connectivity index (χ2v) is 9.43. The zero-order valence-electron chi connectivity index (χ0n) is 18.7. The number of nitrogens with one attached hydrogen (secondary N) is 1. The van der Waals surface area contributed by atoms with Crippen LogP contribution in [0.3, 0.4) is 0 Å². The number of ether oxygens (including phenoxy) is 1. The predicted octanol–water partition coefficient (Wildman–Crippen LogP) is 4.29. The predicted molar refractivity (Wildman–Crippen MR) is 127 cm³/mol. The van der Waals surface area contributed by atoms with Crippen molar-refractivity contribution in [1.82, 2.24) is 4.31 Å². The first kappa shape index (κ1) is 24.2. The Labute approximate surface area is 193 Å². The minimum atomic E-state index is -3.95. The Morgan fingerprint density at radius 3 is 2.33 bits per heavy atom. The summed E-state index contributed by atoms with van der Waals surface area (Å²) >= 11 is 0. The van der Waals surface area contributed by atoms with E-state index in [2.05, 4.69) is 5.32 Å². The molecule has 1 N–H and O–H groups in total. The standard InChI is InChI=1S/C24H26FN3O4S/c1-4-32-21-9-7-8-20(16-21)26-24(29)19-14-12-18(13-15-19)17-28(33(30,31)27(2)3)23-11-6-5-10-22(23)25/h5-16H,4,17H2,1-3H3,(H,26,29). The van der Waals surface area contributed by atoms with Gasteiger partial charge < -0.3 is 10.1 Å². The van der Waals surface area contributed by atoms with Gasteiger partial charge in [-0.1, -0.05) is 30.3 Å². The Bertz CT molecular complexity index is 1210. The second-order valence-electron chi connectivity index (χ2n) is 7.36. The molecule has 0 heterocycles. The van der Waals surface area contributed by atoms with Crippen LogP contribution in [0.25, 0.3) is 0 Å². The number of hydrogen-bond acceptors (Lipinski definition) is 4. The van der Waals surface area contributed by atoms with E-state index in [4.69, 9.17) is 4.74 Å². The van der Waals surface area contributed by atoms with Gasteiger partial charge in [0.2, 0.25) is 0 Å². The van der Waals surface area contributed by atoms with E-state index in [1.807, 2.05) is 6.92 Å². The molecule has 3 aromatic rings. The zero-order chi connectivity index (χ0) is 24.0. The lowest BCUT2D eigenvalue weighted by atomic mass is 10.1. The molecule has 0 aliphatic rings. The molecular weight excluding hydrogens is 445 g/mol. The highest BCUT2D eigenvalue weighted by molar-refractivity contribution is 7.90. The van der Waals surface area contributed by atoms with Crippen molar-refractivity contribution < 1.29 is 22.3 Å². The third-order valence-corrected chi connectivity index (χ3v) is 6.61. The highest BCUT2D eigenvalue weighted by Crippen LogP contribution is 2.25. The van der Waals surface area contributed by atoms with E-state index in [1.165, 1.54) is 32.3 Å². The van der Waals surface area contributed by atoms with E-state index in [0.29, 0.717) is 29.2 Å². The van der Waals surface area contributed by atoms with Crippen molar-refractivity contribution in [1.29, 1.82) is 0 Å². The van der Waals surface area contributed by atoms with Crippen LogP contribution in [0, 0.1) is 5.82 Å². The van der Waals surface area contributed by atoms with Gasteiger partial charge in [0, 0.05) is 31.4 Å². The van der Waals surface area contributed by atoms with E-state index in [-0.39, 0.29) is 18.1 Å². The summed E-state index contributed by atoms with van der Waals surface area (Å²) in [7, 11) is -1.18. The SMILES string of the molecule is CCOc1cccc(NC(=O)c2ccc(CN(c3ccccc3F)S(=O)(=O)N(C)C)cc2)c1. The fourth-order valence-corrected chi connectivity index (χ4v) is 4.21. The number of anilines is 2. The molecule has 0 unspecified atom stereocenters. The van der Waals surface area contributed by atoms with Crippen LogP contribution >= 0.6 is 0 Å². The van der Waals surface area contributed by atoms with Crippen molar-refractivity contribution in [3.8, 4) is 5.75 Å². The van der Waals surface area contributed by atoms with Gasteiger partial charge in [-0.25, -0.2) is 4.39 Å². The van der Waals surface area contributed by atoms with Crippen LogP contribution in [0.1, 0.15) is 22.8 Å². The summed E-state index contributed by atoms with van der Waals surface area (Å²) in [6.45, 7) is 2.30. The number of rotatable bonds is 9. The summed E-state index contributed by atoms with van der Waals surface area (Å²) in [5.41, 5.74) is 1.53. The number of amides is 1.